The quantitative estimate of drug-likeness (QED) is 0.398. The zero-order chi connectivity index (χ0) is 22.0. The summed E-state index contributed by atoms with van der Waals surface area (Å²) in [5, 5.41) is 17.5. The van der Waals surface area contributed by atoms with Crippen molar-refractivity contribution in [2.75, 3.05) is 0 Å². The molecule has 160 valence electrons. The van der Waals surface area contributed by atoms with Crippen molar-refractivity contribution < 1.29 is 0 Å². The molecule has 0 aliphatic rings. The summed E-state index contributed by atoms with van der Waals surface area (Å²) in [6, 6.07) is 28.4. The molecular weight excluding hydrogens is 412 g/mol. The number of hydrogen-bond acceptors (Lipinski definition) is 5. The summed E-state index contributed by atoms with van der Waals surface area (Å²) in [7, 11) is 0. The van der Waals surface area contributed by atoms with Crippen molar-refractivity contribution >= 4 is 11.0 Å². The van der Waals surface area contributed by atoms with Crippen LogP contribution in [0.5, 0.6) is 0 Å². The Kier molecular flexibility index (Phi) is 4.73. The molecule has 3 aromatic heterocycles. The fourth-order valence-electron chi connectivity index (χ4n) is 3.92. The van der Waals surface area contributed by atoms with Gasteiger partial charge in [0.2, 0.25) is 0 Å². The first-order chi connectivity index (χ1) is 16.3. The third-order valence-corrected chi connectivity index (χ3v) is 5.46. The van der Waals surface area contributed by atoms with Gasteiger partial charge < -0.3 is 0 Å². The molecule has 0 spiro atoms. The Hall–Kier alpha value is -4.59. The van der Waals surface area contributed by atoms with Crippen LogP contribution >= 0.6 is 0 Å². The van der Waals surface area contributed by atoms with Crippen molar-refractivity contribution in [1.29, 1.82) is 0 Å². The lowest BCUT2D eigenvalue weighted by Gasteiger charge is -2.03. The Labute approximate surface area is 189 Å². The van der Waals surface area contributed by atoms with Gasteiger partial charge in [0.05, 0.1) is 36.5 Å². The van der Waals surface area contributed by atoms with Crippen molar-refractivity contribution in [2.45, 2.75) is 13.1 Å². The van der Waals surface area contributed by atoms with E-state index in [9.17, 15) is 0 Å². The number of para-hydroxylation sites is 2. The molecule has 0 atom stereocenters. The fourth-order valence-corrected chi connectivity index (χ4v) is 3.92. The molecule has 6 rings (SSSR count). The molecule has 0 aliphatic heterocycles. The molecule has 0 unspecified atom stereocenters. The van der Waals surface area contributed by atoms with Gasteiger partial charge in [0.15, 0.2) is 11.6 Å². The SMILES string of the molecule is c1ccc(Cn2cc(-c3nc4ccccc4n3-c3cn(Cc4ccccc4)nn3)nn2)cc1. The molecule has 0 saturated carbocycles. The van der Waals surface area contributed by atoms with Crippen LogP contribution in [0.25, 0.3) is 28.4 Å². The monoisotopic (exact) mass is 432 g/mol. The fraction of sp³-hybridized carbons (Fsp3) is 0.0800. The predicted molar refractivity (Wildman–Crippen MR) is 125 cm³/mol. The number of nitrogens with zero attached hydrogens (tertiary/aromatic N) is 8. The van der Waals surface area contributed by atoms with E-state index in [4.69, 9.17) is 4.98 Å². The topological polar surface area (TPSA) is 79.2 Å². The number of rotatable bonds is 6. The summed E-state index contributed by atoms with van der Waals surface area (Å²) >= 11 is 0. The Morgan fingerprint density at radius 3 is 1.94 bits per heavy atom. The van der Waals surface area contributed by atoms with E-state index in [1.54, 1.807) is 0 Å². The average molecular weight is 432 g/mol. The van der Waals surface area contributed by atoms with Gasteiger partial charge in [0.1, 0.15) is 5.69 Å². The second kappa shape index (κ2) is 8.16. The first kappa shape index (κ1) is 19.1. The van der Waals surface area contributed by atoms with Crippen LogP contribution in [-0.4, -0.2) is 39.5 Å². The van der Waals surface area contributed by atoms with E-state index in [0.717, 1.165) is 22.2 Å². The lowest BCUT2D eigenvalue weighted by Crippen LogP contribution is -2.00. The van der Waals surface area contributed by atoms with E-state index >= 15 is 0 Å². The largest absolute Gasteiger partial charge is 0.272 e. The van der Waals surface area contributed by atoms with Gasteiger partial charge in [0, 0.05) is 0 Å². The maximum absolute atomic E-state index is 4.84. The molecule has 0 aliphatic carbocycles. The lowest BCUT2D eigenvalue weighted by molar-refractivity contribution is 0.649. The minimum atomic E-state index is 0.640. The highest BCUT2D eigenvalue weighted by atomic mass is 15.5. The molecule has 6 aromatic rings. The van der Waals surface area contributed by atoms with Crippen LogP contribution in [0.3, 0.4) is 0 Å². The lowest BCUT2D eigenvalue weighted by atomic mass is 10.2. The molecule has 0 saturated heterocycles. The summed E-state index contributed by atoms with van der Waals surface area (Å²) in [5.74, 6) is 1.37. The van der Waals surface area contributed by atoms with Gasteiger partial charge in [-0.25, -0.2) is 14.3 Å². The molecular formula is C25H20N8. The zero-order valence-electron chi connectivity index (χ0n) is 17.7. The molecule has 3 heterocycles. The van der Waals surface area contributed by atoms with Crippen molar-refractivity contribution in [1.82, 2.24) is 39.5 Å². The highest BCUT2D eigenvalue weighted by Gasteiger charge is 2.19. The van der Waals surface area contributed by atoms with Crippen LogP contribution in [0.15, 0.2) is 97.3 Å². The summed E-state index contributed by atoms with van der Waals surface area (Å²) < 4.78 is 5.64. The van der Waals surface area contributed by atoms with Gasteiger partial charge >= 0.3 is 0 Å². The molecule has 0 fully saturated rings. The molecule has 0 radical (unpaired) electrons. The molecule has 0 bridgehead atoms. The minimum absolute atomic E-state index is 0.640. The first-order valence-corrected chi connectivity index (χ1v) is 10.7. The highest BCUT2D eigenvalue weighted by Crippen LogP contribution is 2.26. The van der Waals surface area contributed by atoms with E-state index in [2.05, 4.69) is 44.9 Å². The molecule has 3 aromatic carbocycles. The summed E-state index contributed by atoms with van der Waals surface area (Å²) in [5.41, 5.74) is 4.80. The van der Waals surface area contributed by atoms with Crippen LogP contribution < -0.4 is 0 Å². The summed E-state index contributed by atoms with van der Waals surface area (Å²) in [4.78, 5) is 4.84. The maximum Gasteiger partial charge on any atom is 0.181 e. The Morgan fingerprint density at radius 2 is 1.21 bits per heavy atom. The van der Waals surface area contributed by atoms with Crippen molar-refractivity contribution in [3.05, 3.63) is 108 Å². The second-order valence-electron chi connectivity index (χ2n) is 7.81. The van der Waals surface area contributed by atoms with Crippen LogP contribution in [0.1, 0.15) is 11.1 Å². The summed E-state index contributed by atoms with van der Waals surface area (Å²) in [6.45, 7) is 1.28. The molecule has 0 N–H and O–H groups in total. The van der Waals surface area contributed by atoms with E-state index in [1.807, 2.05) is 87.0 Å². The molecule has 8 heteroatoms. The third-order valence-electron chi connectivity index (χ3n) is 5.46. The number of hydrogen-bond donors (Lipinski definition) is 0. The van der Waals surface area contributed by atoms with E-state index in [0.29, 0.717) is 30.4 Å². The van der Waals surface area contributed by atoms with Gasteiger partial charge in [-0.1, -0.05) is 83.2 Å². The number of fused-ring (bicyclic) bond motifs is 1. The summed E-state index contributed by atoms with van der Waals surface area (Å²) in [6.07, 6.45) is 3.85. The van der Waals surface area contributed by atoms with Gasteiger partial charge in [-0.3, -0.25) is 4.57 Å². The van der Waals surface area contributed by atoms with Crippen LogP contribution in [0, 0.1) is 0 Å². The van der Waals surface area contributed by atoms with Gasteiger partial charge in [-0.2, -0.15) is 0 Å². The molecule has 33 heavy (non-hydrogen) atoms. The van der Waals surface area contributed by atoms with Gasteiger partial charge in [-0.15, -0.1) is 10.2 Å². The van der Waals surface area contributed by atoms with Gasteiger partial charge in [0.25, 0.3) is 0 Å². The third kappa shape index (κ3) is 3.78. The van der Waals surface area contributed by atoms with Crippen LogP contribution in [-0.2, 0) is 13.1 Å². The number of benzene rings is 3. The maximum atomic E-state index is 4.84. The van der Waals surface area contributed by atoms with Crippen molar-refractivity contribution in [2.24, 2.45) is 0 Å². The van der Waals surface area contributed by atoms with Crippen molar-refractivity contribution in [3.8, 4) is 17.3 Å². The van der Waals surface area contributed by atoms with Gasteiger partial charge in [-0.05, 0) is 23.3 Å². The molecule has 8 nitrogen and oxygen atoms in total. The van der Waals surface area contributed by atoms with Crippen LogP contribution in [0.2, 0.25) is 0 Å². The molecule has 0 amide bonds. The predicted octanol–water partition coefficient (Wildman–Crippen LogP) is 3.97. The standard InChI is InChI=1S/C25H20N8/c1-3-9-19(10-4-1)15-31-17-22(27-29-31)25-26-21-13-7-8-14-23(21)33(25)24-18-32(30-28-24)16-20-11-5-2-6-12-20/h1-14,17-18H,15-16H2. The normalized spacial score (nSPS) is 11.3. The Balaban J connectivity index is 1.39. The first-order valence-electron chi connectivity index (χ1n) is 10.7. The smallest absolute Gasteiger partial charge is 0.181 e. The minimum Gasteiger partial charge on any atom is -0.272 e. The van der Waals surface area contributed by atoms with Crippen LogP contribution in [0.4, 0.5) is 0 Å². The number of aromatic nitrogens is 8. The van der Waals surface area contributed by atoms with E-state index in [1.165, 1.54) is 0 Å². The van der Waals surface area contributed by atoms with Crippen molar-refractivity contribution in [3.63, 3.8) is 0 Å². The zero-order valence-corrected chi connectivity index (χ0v) is 17.7. The van der Waals surface area contributed by atoms with E-state index in [-0.39, 0.29) is 0 Å². The highest BCUT2D eigenvalue weighted by molar-refractivity contribution is 5.81. The Morgan fingerprint density at radius 1 is 0.606 bits per heavy atom. The number of imidazole rings is 1. The second-order valence-corrected chi connectivity index (χ2v) is 7.81. The van der Waals surface area contributed by atoms with E-state index < -0.39 is 0 Å². The average Bonchev–Trinajstić information content (AvgIpc) is 3.58. The Bertz CT molecular complexity index is 1510.